The van der Waals surface area contributed by atoms with Crippen molar-refractivity contribution in [2.45, 2.75) is 6.92 Å². The Morgan fingerprint density at radius 2 is 2.24 bits per heavy atom. The van der Waals surface area contributed by atoms with Gasteiger partial charge in [-0.1, -0.05) is 27.3 Å². The molecule has 3 rings (SSSR count). The number of nitrogens with one attached hydrogen (secondary N) is 1. The fourth-order valence-electron chi connectivity index (χ4n) is 1.80. The number of aryl methyl sites for hydroxylation is 1. The second-order valence-corrected chi connectivity index (χ2v) is 6.35. The molecule has 0 bridgehead atoms. The summed E-state index contributed by atoms with van der Waals surface area (Å²) in [6.07, 6.45) is 3.06. The van der Waals surface area contributed by atoms with Crippen LogP contribution in [0.2, 0.25) is 0 Å². The van der Waals surface area contributed by atoms with Crippen molar-refractivity contribution >= 4 is 54.6 Å². The van der Waals surface area contributed by atoms with Gasteiger partial charge in [-0.25, -0.2) is 4.98 Å². The highest BCUT2D eigenvalue weighted by Crippen LogP contribution is 2.28. The number of halogens is 1. The molecule has 0 unspecified atom stereocenters. The molecule has 3 aromatic rings. The number of rotatable bonds is 3. The molecule has 0 aliphatic carbocycles. The number of carbonyl (C=O) groups excluding carboxylic acids is 1. The van der Waals surface area contributed by atoms with Crippen molar-refractivity contribution in [1.82, 2.24) is 4.98 Å². The van der Waals surface area contributed by atoms with Crippen molar-refractivity contribution in [1.29, 1.82) is 0 Å². The zero-order valence-corrected chi connectivity index (χ0v) is 13.5. The Kier molecular flexibility index (Phi) is 3.90. The molecule has 4 nitrogen and oxygen atoms in total. The van der Waals surface area contributed by atoms with Crippen LogP contribution in [0.15, 0.2) is 45.3 Å². The number of amides is 1. The zero-order chi connectivity index (χ0) is 14.8. The highest BCUT2D eigenvalue weighted by Gasteiger charge is 2.06. The topological polar surface area (TPSA) is 55.1 Å². The van der Waals surface area contributed by atoms with Gasteiger partial charge in [-0.05, 0) is 43.3 Å². The highest BCUT2D eigenvalue weighted by molar-refractivity contribution is 9.10. The Bertz CT molecular complexity index is 835. The third kappa shape index (κ3) is 3.40. The molecule has 1 N–H and O–H groups in total. The van der Waals surface area contributed by atoms with Crippen molar-refractivity contribution in [3.8, 4) is 0 Å². The van der Waals surface area contributed by atoms with Gasteiger partial charge >= 0.3 is 0 Å². The molecular formula is C15H11BrN2O2S. The van der Waals surface area contributed by atoms with Crippen molar-refractivity contribution in [2.24, 2.45) is 0 Å². The number of anilines is 1. The van der Waals surface area contributed by atoms with E-state index < -0.39 is 0 Å². The van der Waals surface area contributed by atoms with Crippen LogP contribution in [0, 0.1) is 6.92 Å². The first-order valence-electron chi connectivity index (χ1n) is 6.22. The summed E-state index contributed by atoms with van der Waals surface area (Å²) in [6.45, 7) is 1.86. The van der Waals surface area contributed by atoms with Crippen molar-refractivity contribution < 1.29 is 9.21 Å². The van der Waals surface area contributed by atoms with Crippen LogP contribution in [0.25, 0.3) is 16.3 Å². The molecule has 0 aliphatic heterocycles. The minimum absolute atomic E-state index is 0.234. The van der Waals surface area contributed by atoms with Crippen molar-refractivity contribution in [3.05, 3.63) is 52.4 Å². The number of hydrogen-bond donors (Lipinski definition) is 1. The van der Waals surface area contributed by atoms with E-state index in [4.69, 9.17) is 4.42 Å². The van der Waals surface area contributed by atoms with Gasteiger partial charge in [0.1, 0.15) is 11.5 Å². The molecule has 1 aromatic carbocycles. The Labute approximate surface area is 133 Å². The van der Waals surface area contributed by atoms with Crippen LogP contribution in [-0.2, 0) is 4.79 Å². The Balaban J connectivity index is 1.72. The average molecular weight is 363 g/mol. The van der Waals surface area contributed by atoms with Crippen molar-refractivity contribution in [3.63, 3.8) is 0 Å². The minimum Gasteiger partial charge on any atom is -0.462 e. The molecule has 0 spiro atoms. The summed E-state index contributed by atoms with van der Waals surface area (Å²) < 4.78 is 7.37. The maximum Gasteiger partial charge on any atom is 0.250 e. The standard InChI is InChI=1S/C15H11BrN2O2S/c1-9-2-4-11(20-9)5-7-14(19)18-15-17-12-6-3-10(16)8-13(12)21-15/h2-8H,1H3,(H,17,18,19)/b7-5+. The van der Waals surface area contributed by atoms with Gasteiger partial charge < -0.3 is 4.42 Å². The number of hydrogen-bond acceptors (Lipinski definition) is 4. The van der Waals surface area contributed by atoms with E-state index in [1.54, 1.807) is 6.08 Å². The van der Waals surface area contributed by atoms with Gasteiger partial charge in [-0.3, -0.25) is 10.1 Å². The van der Waals surface area contributed by atoms with E-state index in [0.717, 1.165) is 20.4 Å². The van der Waals surface area contributed by atoms with E-state index in [9.17, 15) is 4.79 Å². The second-order valence-electron chi connectivity index (χ2n) is 4.40. The quantitative estimate of drug-likeness (QED) is 0.692. The number of fused-ring (bicyclic) bond motifs is 1. The van der Waals surface area contributed by atoms with E-state index in [2.05, 4.69) is 26.2 Å². The lowest BCUT2D eigenvalue weighted by atomic mass is 10.3. The zero-order valence-electron chi connectivity index (χ0n) is 11.1. The van der Waals surface area contributed by atoms with Crippen LogP contribution in [0.1, 0.15) is 11.5 Å². The summed E-state index contributed by atoms with van der Waals surface area (Å²) in [7, 11) is 0. The van der Waals surface area contributed by atoms with Crippen LogP contribution in [0.5, 0.6) is 0 Å². The fraction of sp³-hybridized carbons (Fsp3) is 0.0667. The number of benzene rings is 1. The van der Waals surface area contributed by atoms with Gasteiger partial charge in [0.15, 0.2) is 5.13 Å². The lowest BCUT2D eigenvalue weighted by molar-refractivity contribution is -0.111. The summed E-state index contributed by atoms with van der Waals surface area (Å²) >= 11 is 4.85. The lowest BCUT2D eigenvalue weighted by Gasteiger charge is -1.94. The summed E-state index contributed by atoms with van der Waals surface area (Å²) in [5.74, 6) is 1.23. The molecule has 21 heavy (non-hydrogen) atoms. The summed E-state index contributed by atoms with van der Waals surface area (Å²) in [6, 6.07) is 9.47. The molecule has 0 aliphatic rings. The van der Waals surface area contributed by atoms with E-state index in [0.29, 0.717) is 10.9 Å². The first-order valence-corrected chi connectivity index (χ1v) is 7.83. The van der Waals surface area contributed by atoms with Gasteiger partial charge in [0.25, 0.3) is 0 Å². The number of thiazole rings is 1. The highest BCUT2D eigenvalue weighted by atomic mass is 79.9. The van der Waals surface area contributed by atoms with Crippen LogP contribution < -0.4 is 5.32 Å². The SMILES string of the molecule is Cc1ccc(/C=C/C(=O)Nc2nc3ccc(Br)cc3s2)o1. The molecule has 6 heteroatoms. The third-order valence-corrected chi connectivity index (χ3v) is 4.17. The number of nitrogens with zero attached hydrogens (tertiary/aromatic N) is 1. The van der Waals surface area contributed by atoms with E-state index >= 15 is 0 Å². The van der Waals surface area contributed by atoms with Crippen LogP contribution in [-0.4, -0.2) is 10.9 Å². The first-order chi connectivity index (χ1) is 10.1. The van der Waals surface area contributed by atoms with Gasteiger partial charge in [0, 0.05) is 10.5 Å². The Hall–Kier alpha value is -1.92. The maximum absolute atomic E-state index is 11.9. The number of furan rings is 1. The maximum atomic E-state index is 11.9. The van der Waals surface area contributed by atoms with Crippen molar-refractivity contribution in [2.75, 3.05) is 5.32 Å². The average Bonchev–Trinajstić information content (AvgIpc) is 3.01. The molecule has 0 saturated heterocycles. The summed E-state index contributed by atoms with van der Waals surface area (Å²) in [5.41, 5.74) is 0.865. The molecule has 2 aromatic heterocycles. The van der Waals surface area contributed by atoms with Gasteiger partial charge in [-0.15, -0.1) is 0 Å². The smallest absolute Gasteiger partial charge is 0.250 e. The van der Waals surface area contributed by atoms with E-state index in [1.807, 2.05) is 37.3 Å². The third-order valence-electron chi connectivity index (χ3n) is 2.74. The molecule has 0 saturated carbocycles. The predicted octanol–water partition coefficient (Wildman–Crippen LogP) is 4.61. The van der Waals surface area contributed by atoms with Gasteiger partial charge in [-0.2, -0.15) is 0 Å². The molecule has 0 atom stereocenters. The largest absolute Gasteiger partial charge is 0.462 e. The summed E-state index contributed by atoms with van der Waals surface area (Å²) in [4.78, 5) is 16.2. The molecule has 1 amide bonds. The van der Waals surface area contributed by atoms with E-state index in [-0.39, 0.29) is 5.91 Å². The van der Waals surface area contributed by atoms with Gasteiger partial charge in [0.2, 0.25) is 5.91 Å². The lowest BCUT2D eigenvalue weighted by Crippen LogP contribution is -2.07. The van der Waals surface area contributed by atoms with Crippen LogP contribution in [0.3, 0.4) is 0 Å². The monoisotopic (exact) mass is 362 g/mol. The Morgan fingerprint density at radius 1 is 1.38 bits per heavy atom. The molecule has 0 fully saturated rings. The molecular weight excluding hydrogens is 352 g/mol. The molecule has 0 radical (unpaired) electrons. The molecule has 106 valence electrons. The number of carbonyl (C=O) groups is 1. The van der Waals surface area contributed by atoms with Gasteiger partial charge in [0.05, 0.1) is 10.2 Å². The predicted molar refractivity (Wildman–Crippen MR) is 88.4 cm³/mol. The van der Waals surface area contributed by atoms with Crippen LogP contribution >= 0.6 is 27.3 Å². The normalized spacial score (nSPS) is 11.3. The number of aromatic nitrogens is 1. The van der Waals surface area contributed by atoms with E-state index in [1.165, 1.54) is 17.4 Å². The second kappa shape index (κ2) is 5.83. The first kappa shape index (κ1) is 14.0. The van der Waals surface area contributed by atoms with Crippen LogP contribution in [0.4, 0.5) is 5.13 Å². The Morgan fingerprint density at radius 3 is 3.00 bits per heavy atom. The summed E-state index contributed by atoms with van der Waals surface area (Å²) in [5, 5.41) is 3.33. The minimum atomic E-state index is -0.234. The fourth-order valence-corrected chi connectivity index (χ4v) is 3.22. The molecule has 2 heterocycles.